The molecule has 0 N–H and O–H groups in total. The highest BCUT2D eigenvalue weighted by Crippen LogP contribution is 2.42. The van der Waals surface area contributed by atoms with E-state index in [0.29, 0.717) is 0 Å². The van der Waals surface area contributed by atoms with Gasteiger partial charge < -0.3 is 8.83 Å². The summed E-state index contributed by atoms with van der Waals surface area (Å²) in [5.74, 6) is 0. The summed E-state index contributed by atoms with van der Waals surface area (Å²) in [6.07, 6.45) is 3.54. The molecule has 0 fully saturated rings. The van der Waals surface area contributed by atoms with Crippen molar-refractivity contribution in [3.8, 4) is 33.4 Å². The number of aromatic nitrogens is 2. The maximum absolute atomic E-state index is 6.76. The second kappa shape index (κ2) is 10.4. The number of nitrogens with zero attached hydrogens (tertiary/aromatic N) is 2. The Morgan fingerprint density at radius 3 is 1.72 bits per heavy atom. The molecule has 11 rings (SSSR count). The van der Waals surface area contributed by atoms with E-state index in [-0.39, 0.29) is 0 Å². The van der Waals surface area contributed by atoms with Gasteiger partial charge in [0, 0.05) is 44.9 Å². The van der Waals surface area contributed by atoms with Crippen LogP contribution in [0.1, 0.15) is 0 Å². The Morgan fingerprint density at radius 1 is 0.340 bits per heavy atom. The molecule has 0 radical (unpaired) electrons. The van der Waals surface area contributed by atoms with Crippen molar-refractivity contribution in [2.24, 2.45) is 0 Å². The Hall–Kier alpha value is -6.78. The normalized spacial score (nSPS) is 12.0. The van der Waals surface area contributed by atoms with Gasteiger partial charge in [-0.05, 0) is 75.0 Å². The topological polar surface area (TPSA) is 52.1 Å². The Balaban J connectivity index is 1.04. The van der Waals surface area contributed by atoms with Gasteiger partial charge in [-0.2, -0.15) is 0 Å². The van der Waals surface area contributed by atoms with Crippen molar-refractivity contribution in [3.05, 3.63) is 158 Å². The van der Waals surface area contributed by atoms with E-state index in [0.717, 1.165) is 99.1 Å². The fourth-order valence-corrected chi connectivity index (χ4v) is 7.85. The van der Waals surface area contributed by atoms with Crippen LogP contribution in [0.2, 0.25) is 0 Å². The summed E-state index contributed by atoms with van der Waals surface area (Å²) in [4.78, 5) is 9.42. The van der Waals surface area contributed by atoms with Gasteiger partial charge in [-0.15, -0.1) is 0 Å². The maximum Gasteiger partial charge on any atom is 0.147 e. The molecule has 0 unspecified atom stereocenters. The second-order valence-corrected chi connectivity index (χ2v) is 12.9. The molecule has 0 saturated carbocycles. The van der Waals surface area contributed by atoms with Gasteiger partial charge in [0.1, 0.15) is 22.3 Å². The molecule has 0 aliphatic heterocycles. The SMILES string of the molecule is c1cc(-c2cccc(-c3cccc4c3oc3c4ccc4oc5ccccc5c43)c2)cc(-c2ccc3c(c2)c2ccccc2c2nccnc32)c1. The highest BCUT2D eigenvalue weighted by Gasteiger charge is 2.18. The molecule has 0 amide bonds. The van der Waals surface area contributed by atoms with Crippen LogP contribution in [-0.2, 0) is 0 Å². The molecule has 3 heterocycles. The predicted molar refractivity (Wildman–Crippen MR) is 205 cm³/mol. The number of furan rings is 2. The maximum atomic E-state index is 6.76. The third-order valence-electron chi connectivity index (χ3n) is 10.2. The lowest BCUT2D eigenvalue weighted by atomic mass is 9.93. The molecule has 4 heteroatoms. The zero-order chi connectivity index (χ0) is 32.8. The van der Waals surface area contributed by atoms with Crippen LogP contribution in [0.3, 0.4) is 0 Å². The van der Waals surface area contributed by atoms with E-state index in [4.69, 9.17) is 18.8 Å². The van der Waals surface area contributed by atoms with Crippen molar-refractivity contribution in [1.29, 1.82) is 0 Å². The standard InChI is InChI=1S/C46H26N2O2/c1-2-13-34-33(12-1)39-26-30(18-19-35(39)44-43(34)47-22-23-48-44)28-9-5-8-27(24-28)29-10-6-11-31(25-29)32-15-7-16-36-37-20-21-41-42(46(37)50-45(32)36)38-14-3-4-17-40(38)49-41/h1-26H. The number of para-hydroxylation sites is 2. The molecule has 0 aliphatic rings. The number of rotatable bonds is 3. The minimum Gasteiger partial charge on any atom is -0.456 e. The average Bonchev–Trinajstić information content (AvgIpc) is 3.76. The first kappa shape index (κ1) is 27.2. The van der Waals surface area contributed by atoms with Gasteiger partial charge in [0.15, 0.2) is 0 Å². The molecule has 3 aromatic heterocycles. The lowest BCUT2D eigenvalue weighted by Crippen LogP contribution is -1.89. The second-order valence-electron chi connectivity index (χ2n) is 12.9. The van der Waals surface area contributed by atoms with Gasteiger partial charge >= 0.3 is 0 Å². The molecule has 0 saturated heterocycles. The fraction of sp³-hybridized carbons (Fsp3) is 0. The summed E-state index contributed by atoms with van der Waals surface area (Å²) in [6, 6.07) is 51.5. The molecule has 232 valence electrons. The van der Waals surface area contributed by atoms with E-state index in [1.54, 1.807) is 12.4 Å². The quantitative estimate of drug-likeness (QED) is 0.181. The molecule has 0 spiro atoms. The van der Waals surface area contributed by atoms with Crippen molar-refractivity contribution in [1.82, 2.24) is 9.97 Å². The molecule has 0 aliphatic carbocycles. The monoisotopic (exact) mass is 638 g/mol. The van der Waals surface area contributed by atoms with E-state index >= 15 is 0 Å². The molecular weight excluding hydrogens is 613 g/mol. The van der Waals surface area contributed by atoms with Crippen molar-refractivity contribution in [2.45, 2.75) is 0 Å². The third kappa shape index (κ3) is 3.93. The van der Waals surface area contributed by atoms with Gasteiger partial charge in [-0.25, -0.2) is 0 Å². The van der Waals surface area contributed by atoms with E-state index in [1.807, 2.05) is 18.2 Å². The van der Waals surface area contributed by atoms with Crippen LogP contribution < -0.4 is 0 Å². The Bertz CT molecular complexity index is 3130. The minimum atomic E-state index is 0.836. The first-order valence-corrected chi connectivity index (χ1v) is 16.8. The summed E-state index contributed by atoms with van der Waals surface area (Å²) in [7, 11) is 0. The predicted octanol–water partition coefficient (Wildman–Crippen LogP) is 12.7. The van der Waals surface area contributed by atoms with Gasteiger partial charge in [0.2, 0.25) is 0 Å². The van der Waals surface area contributed by atoms with Gasteiger partial charge in [-0.3, -0.25) is 9.97 Å². The molecule has 50 heavy (non-hydrogen) atoms. The summed E-state index contributed by atoms with van der Waals surface area (Å²) in [5.41, 5.74) is 12.1. The summed E-state index contributed by atoms with van der Waals surface area (Å²) in [5, 5.41) is 8.87. The van der Waals surface area contributed by atoms with E-state index in [9.17, 15) is 0 Å². The molecule has 0 bridgehead atoms. The van der Waals surface area contributed by atoms with Crippen LogP contribution >= 0.6 is 0 Å². The van der Waals surface area contributed by atoms with Crippen LogP contribution in [0.15, 0.2) is 167 Å². The smallest absolute Gasteiger partial charge is 0.147 e. The van der Waals surface area contributed by atoms with Crippen LogP contribution in [-0.4, -0.2) is 9.97 Å². The lowest BCUT2D eigenvalue weighted by Gasteiger charge is -2.12. The van der Waals surface area contributed by atoms with Gasteiger partial charge in [-0.1, -0.05) is 109 Å². The van der Waals surface area contributed by atoms with Crippen LogP contribution in [0.4, 0.5) is 0 Å². The first-order valence-electron chi connectivity index (χ1n) is 16.8. The van der Waals surface area contributed by atoms with E-state index in [1.165, 1.54) is 10.8 Å². The summed E-state index contributed by atoms with van der Waals surface area (Å²) in [6.45, 7) is 0. The van der Waals surface area contributed by atoms with Gasteiger partial charge in [0.25, 0.3) is 0 Å². The zero-order valence-electron chi connectivity index (χ0n) is 26.7. The minimum absolute atomic E-state index is 0.836. The fourth-order valence-electron chi connectivity index (χ4n) is 7.85. The number of hydrogen-bond acceptors (Lipinski definition) is 4. The molecule has 4 nitrogen and oxygen atoms in total. The van der Waals surface area contributed by atoms with Crippen molar-refractivity contribution < 1.29 is 8.83 Å². The Morgan fingerprint density at radius 2 is 0.920 bits per heavy atom. The molecule has 8 aromatic carbocycles. The Labute approximate surface area is 285 Å². The summed E-state index contributed by atoms with van der Waals surface area (Å²) >= 11 is 0. The highest BCUT2D eigenvalue weighted by atomic mass is 16.3. The number of fused-ring (bicyclic) bond motifs is 13. The number of hydrogen-bond donors (Lipinski definition) is 0. The third-order valence-corrected chi connectivity index (χ3v) is 10.2. The largest absolute Gasteiger partial charge is 0.456 e. The lowest BCUT2D eigenvalue weighted by molar-refractivity contribution is 0.663. The van der Waals surface area contributed by atoms with E-state index < -0.39 is 0 Å². The average molecular weight is 639 g/mol. The van der Waals surface area contributed by atoms with Crippen LogP contribution in [0, 0.1) is 0 Å². The summed E-state index contributed by atoms with van der Waals surface area (Å²) < 4.78 is 12.9. The van der Waals surface area contributed by atoms with Crippen LogP contribution in [0.25, 0.3) is 110 Å². The zero-order valence-corrected chi connectivity index (χ0v) is 26.7. The van der Waals surface area contributed by atoms with Crippen molar-refractivity contribution >= 4 is 76.5 Å². The van der Waals surface area contributed by atoms with E-state index in [2.05, 4.69) is 127 Å². The van der Waals surface area contributed by atoms with Crippen LogP contribution in [0.5, 0.6) is 0 Å². The number of benzene rings is 8. The molecule has 11 aromatic rings. The van der Waals surface area contributed by atoms with Gasteiger partial charge in [0.05, 0.1) is 16.4 Å². The van der Waals surface area contributed by atoms with Crippen molar-refractivity contribution in [2.75, 3.05) is 0 Å². The highest BCUT2D eigenvalue weighted by molar-refractivity contribution is 6.24. The Kier molecular flexibility index (Phi) is 5.63. The molecular formula is C46H26N2O2. The van der Waals surface area contributed by atoms with Crippen molar-refractivity contribution in [3.63, 3.8) is 0 Å². The molecule has 0 atom stereocenters. The first-order chi connectivity index (χ1) is 24.8.